The molecule has 20 heavy (non-hydrogen) atoms. The number of hydrogen-bond acceptors (Lipinski definition) is 4. The SMILES string of the molecule is CCOC(=O)CC1(N2CCCCC2)CCN2CCCC21. The zero-order chi connectivity index (χ0) is 14.0. The molecule has 3 fully saturated rings. The molecule has 0 N–H and O–H groups in total. The Morgan fingerprint density at radius 2 is 1.95 bits per heavy atom. The smallest absolute Gasteiger partial charge is 0.307 e. The van der Waals surface area contributed by atoms with Crippen molar-refractivity contribution in [1.29, 1.82) is 0 Å². The van der Waals surface area contributed by atoms with E-state index in [1.165, 1.54) is 58.3 Å². The molecule has 0 radical (unpaired) electrons. The highest BCUT2D eigenvalue weighted by molar-refractivity contribution is 5.71. The minimum Gasteiger partial charge on any atom is -0.466 e. The summed E-state index contributed by atoms with van der Waals surface area (Å²) < 4.78 is 5.28. The molecular formula is C16H28N2O2. The molecular weight excluding hydrogens is 252 g/mol. The molecule has 3 aliphatic rings. The second-order valence-electron chi connectivity index (χ2n) is 6.58. The van der Waals surface area contributed by atoms with E-state index in [1.54, 1.807) is 0 Å². The van der Waals surface area contributed by atoms with Crippen molar-refractivity contribution in [2.24, 2.45) is 0 Å². The molecule has 3 aliphatic heterocycles. The number of rotatable bonds is 4. The fraction of sp³-hybridized carbons (Fsp3) is 0.938. The fourth-order valence-corrected chi connectivity index (χ4v) is 4.69. The van der Waals surface area contributed by atoms with E-state index in [9.17, 15) is 4.79 Å². The van der Waals surface area contributed by atoms with Gasteiger partial charge in [0.05, 0.1) is 13.0 Å². The summed E-state index contributed by atoms with van der Waals surface area (Å²) in [4.78, 5) is 17.4. The van der Waals surface area contributed by atoms with Crippen LogP contribution >= 0.6 is 0 Å². The first kappa shape index (κ1) is 14.3. The van der Waals surface area contributed by atoms with Gasteiger partial charge < -0.3 is 4.74 Å². The minimum absolute atomic E-state index is 0.00632. The molecule has 114 valence electrons. The van der Waals surface area contributed by atoms with Crippen molar-refractivity contribution in [1.82, 2.24) is 9.80 Å². The van der Waals surface area contributed by atoms with Crippen LogP contribution in [-0.2, 0) is 9.53 Å². The number of carbonyl (C=O) groups excluding carboxylic acids is 1. The van der Waals surface area contributed by atoms with E-state index in [0.29, 0.717) is 19.1 Å². The molecule has 0 aliphatic carbocycles. The normalized spacial score (nSPS) is 35.1. The van der Waals surface area contributed by atoms with Crippen LogP contribution in [0, 0.1) is 0 Å². The Labute approximate surface area is 122 Å². The van der Waals surface area contributed by atoms with Crippen molar-refractivity contribution in [3.05, 3.63) is 0 Å². The van der Waals surface area contributed by atoms with Crippen molar-refractivity contribution >= 4 is 5.97 Å². The summed E-state index contributed by atoms with van der Waals surface area (Å²) in [6.07, 6.45) is 8.23. The van der Waals surface area contributed by atoms with Crippen LogP contribution in [0.1, 0.15) is 51.9 Å². The number of likely N-dealkylation sites (tertiary alicyclic amines) is 1. The minimum atomic E-state index is 0.00632. The standard InChI is InChI=1S/C16H28N2O2/c1-2-20-15(19)13-16(18-10-4-3-5-11-18)8-12-17-9-6-7-14(16)17/h14H,2-13H2,1H3. The predicted octanol–water partition coefficient (Wildman–Crippen LogP) is 2.03. The van der Waals surface area contributed by atoms with Crippen molar-refractivity contribution < 1.29 is 9.53 Å². The van der Waals surface area contributed by atoms with Gasteiger partial charge in [-0.25, -0.2) is 0 Å². The molecule has 4 nitrogen and oxygen atoms in total. The van der Waals surface area contributed by atoms with E-state index in [0.717, 1.165) is 6.42 Å². The summed E-state index contributed by atoms with van der Waals surface area (Å²) in [5.74, 6) is 0.00632. The summed E-state index contributed by atoms with van der Waals surface area (Å²) in [7, 11) is 0. The first-order chi connectivity index (χ1) is 9.76. The number of piperidine rings is 1. The third kappa shape index (κ3) is 2.48. The van der Waals surface area contributed by atoms with Gasteiger partial charge >= 0.3 is 5.97 Å². The second kappa shape index (κ2) is 6.02. The monoisotopic (exact) mass is 280 g/mol. The lowest BCUT2D eigenvalue weighted by Crippen LogP contribution is -2.58. The second-order valence-corrected chi connectivity index (χ2v) is 6.58. The lowest BCUT2D eigenvalue weighted by Gasteiger charge is -2.46. The van der Waals surface area contributed by atoms with Crippen molar-refractivity contribution in [3.63, 3.8) is 0 Å². The third-order valence-corrected chi connectivity index (χ3v) is 5.56. The van der Waals surface area contributed by atoms with Gasteiger partial charge in [-0.3, -0.25) is 14.6 Å². The summed E-state index contributed by atoms with van der Waals surface area (Å²) >= 11 is 0. The first-order valence-electron chi connectivity index (χ1n) is 8.41. The molecule has 0 spiro atoms. The molecule has 0 aromatic rings. The highest BCUT2D eigenvalue weighted by Crippen LogP contribution is 2.43. The number of nitrogens with zero attached hydrogens (tertiary/aromatic N) is 2. The van der Waals surface area contributed by atoms with Gasteiger partial charge in [0.1, 0.15) is 0 Å². The molecule has 3 saturated heterocycles. The van der Waals surface area contributed by atoms with Crippen molar-refractivity contribution in [2.75, 3.05) is 32.8 Å². The van der Waals surface area contributed by atoms with Crippen LogP contribution in [0.3, 0.4) is 0 Å². The van der Waals surface area contributed by atoms with Crippen LogP contribution in [-0.4, -0.2) is 60.1 Å². The van der Waals surface area contributed by atoms with Crippen LogP contribution in [0.5, 0.6) is 0 Å². The zero-order valence-electron chi connectivity index (χ0n) is 12.8. The molecule has 3 rings (SSSR count). The summed E-state index contributed by atoms with van der Waals surface area (Å²) in [6.45, 7) is 7.14. The number of esters is 1. The molecule has 0 aromatic carbocycles. The Bertz CT molecular complexity index is 354. The Morgan fingerprint density at radius 1 is 1.15 bits per heavy atom. The van der Waals surface area contributed by atoms with Gasteiger partial charge in [-0.2, -0.15) is 0 Å². The van der Waals surface area contributed by atoms with Gasteiger partial charge in [0.2, 0.25) is 0 Å². The van der Waals surface area contributed by atoms with Crippen molar-refractivity contribution in [3.8, 4) is 0 Å². The number of hydrogen-bond donors (Lipinski definition) is 0. The van der Waals surface area contributed by atoms with E-state index >= 15 is 0 Å². The maximum atomic E-state index is 12.2. The van der Waals surface area contributed by atoms with E-state index in [-0.39, 0.29) is 11.5 Å². The summed E-state index contributed by atoms with van der Waals surface area (Å²) in [6, 6.07) is 0.588. The average Bonchev–Trinajstić information content (AvgIpc) is 3.04. The molecule has 0 bridgehead atoms. The average molecular weight is 280 g/mol. The van der Waals surface area contributed by atoms with E-state index in [1.807, 2.05) is 6.92 Å². The molecule has 0 amide bonds. The van der Waals surface area contributed by atoms with E-state index in [4.69, 9.17) is 4.74 Å². The van der Waals surface area contributed by atoms with Gasteiger partial charge in [-0.05, 0) is 58.7 Å². The number of ether oxygens (including phenoxy) is 1. The topological polar surface area (TPSA) is 32.8 Å². The molecule has 4 heteroatoms. The molecule has 0 aromatic heterocycles. The van der Waals surface area contributed by atoms with Gasteiger partial charge in [0, 0.05) is 18.1 Å². The lowest BCUT2D eigenvalue weighted by atomic mass is 9.82. The van der Waals surface area contributed by atoms with Gasteiger partial charge in [0.15, 0.2) is 0 Å². The van der Waals surface area contributed by atoms with Crippen LogP contribution in [0.4, 0.5) is 0 Å². The van der Waals surface area contributed by atoms with Crippen LogP contribution in [0.25, 0.3) is 0 Å². The third-order valence-electron chi connectivity index (χ3n) is 5.56. The summed E-state index contributed by atoms with van der Waals surface area (Å²) in [5, 5.41) is 0. The van der Waals surface area contributed by atoms with Crippen LogP contribution < -0.4 is 0 Å². The lowest BCUT2D eigenvalue weighted by molar-refractivity contribution is -0.147. The van der Waals surface area contributed by atoms with Crippen LogP contribution in [0.2, 0.25) is 0 Å². The highest BCUT2D eigenvalue weighted by atomic mass is 16.5. The Balaban J connectivity index is 1.80. The van der Waals surface area contributed by atoms with Gasteiger partial charge in [0.25, 0.3) is 0 Å². The predicted molar refractivity (Wildman–Crippen MR) is 78.6 cm³/mol. The maximum Gasteiger partial charge on any atom is 0.307 e. The summed E-state index contributed by atoms with van der Waals surface area (Å²) in [5.41, 5.74) is 0.0726. The van der Waals surface area contributed by atoms with Crippen molar-refractivity contribution in [2.45, 2.75) is 63.5 Å². The van der Waals surface area contributed by atoms with Crippen LogP contribution in [0.15, 0.2) is 0 Å². The fourth-order valence-electron chi connectivity index (χ4n) is 4.69. The first-order valence-corrected chi connectivity index (χ1v) is 8.41. The van der Waals surface area contributed by atoms with Gasteiger partial charge in [-0.15, -0.1) is 0 Å². The quantitative estimate of drug-likeness (QED) is 0.738. The van der Waals surface area contributed by atoms with E-state index in [2.05, 4.69) is 9.80 Å². The Morgan fingerprint density at radius 3 is 2.70 bits per heavy atom. The Hall–Kier alpha value is -0.610. The molecule has 2 unspecified atom stereocenters. The molecule has 3 heterocycles. The molecule has 0 saturated carbocycles. The van der Waals surface area contributed by atoms with E-state index < -0.39 is 0 Å². The van der Waals surface area contributed by atoms with Gasteiger partial charge in [-0.1, -0.05) is 6.42 Å². The number of fused-ring (bicyclic) bond motifs is 1. The maximum absolute atomic E-state index is 12.2. The largest absolute Gasteiger partial charge is 0.466 e. The zero-order valence-corrected chi connectivity index (χ0v) is 12.8. The molecule has 2 atom stereocenters. The highest BCUT2D eigenvalue weighted by Gasteiger charge is 2.53. The Kier molecular flexibility index (Phi) is 4.32. The number of carbonyl (C=O) groups is 1.